The monoisotopic (exact) mass is 305 g/mol. The quantitative estimate of drug-likeness (QED) is 0.626. The predicted octanol–water partition coefficient (Wildman–Crippen LogP) is -0.873. The first kappa shape index (κ1) is 16.5. The Morgan fingerprint density at radius 3 is 2.85 bits per heavy atom. The molecule has 20 heavy (non-hydrogen) atoms. The summed E-state index contributed by atoms with van der Waals surface area (Å²) in [6.45, 7) is 2.65. The topological polar surface area (TPSA) is 106 Å². The van der Waals surface area contributed by atoms with Crippen molar-refractivity contribution in [1.29, 1.82) is 0 Å². The molecule has 0 amide bonds. The minimum absolute atomic E-state index is 0.000940. The first-order valence-corrected chi connectivity index (χ1v) is 7.49. The summed E-state index contributed by atoms with van der Waals surface area (Å²) in [5.74, 6) is 0.0650. The molecule has 0 spiro atoms. The fraction of sp³-hybridized carbons (Fsp3) is 0.700. The van der Waals surface area contributed by atoms with Gasteiger partial charge in [0.15, 0.2) is 0 Å². The number of aryl methyl sites for hydroxylation is 1. The van der Waals surface area contributed by atoms with Crippen LogP contribution >= 0.6 is 0 Å². The second-order valence-electron chi connectivity index (χ2n) is 4.01. The van der Waals surface area contributed by atoms with Gasteiger partial charge in [-0.25, -0.2) is 0 Å². The molecule has 1 N–H and O–H groups in total. The van der Waals surface area contributed by atoms with Crippen molar-refractivity contribution >= 4 is 16.2 Å². The lowest BCUT2D eigenvalue weighted by Gasteiger charge is -2.16. The van der Waals surface area contributed by atoms with Gasteiger partial charge in [-0.2, -0.15) is 17.4 Å². The van der Waals surface area contributed by atoms with Crippen LogP contribution in [0.15, 0.2) is 6.33 Å². The van der Waals surface area contributed by atoms with Crippen molar-refractivity contribution in [2.24, 2.45) is 0 Å². The lowest BCUT2D eigenvalue weighted by Crippen LogP contribution is -2.39. The zero-order valence-corrected chi connectivity index (χ0v) is 12.6. The fourth-order valence-electron chi connectivity index (χ4n) is 1.42. The number of hydrogen-bond acceptors (Lipinski definition) is 6. The highest BCUT2D eigenvalue weighted by atomic mass is 32.2. The van der Waals surface area contributed by atoms with E-state index < -0.39 is 16.2 Å². The number of esters is 1. The van der Waals surface area contributed by atoms with Crippen molar-refractivity contribution in [3.63, 3.8) is 0 Å². The van der Waals surface area contributed by atoms with Crippen molar-refractivity contribution in [3.8, 4) is 0 Å². The summed E-state index contributed by atoms with van der Waals surface area (Å²) in [5, 5.41) is 7.54. The van der Waals surface area contributed by atoms with Gasteiger partial charge >= 0.3 is 5.97 Å². The second kappa shape index (κ2) is 7.31. The van der Waals surface area contributed by atoms with E-state index in [1.165, 1.54) is 20.5 Å². The van der Waals surface area contributed by atoms with Crippen molar-refractivity contribution < 1.29 is 17.9 Å². The van der Waals surface area contributed by atoms with Gasteiger partial charge in [0, 0.05) is 20.1 Å². The summed E-state index contributed by atoms with van der Waals surface area (Å²) in [6.07, 6.45) is 1.53. The molecule has 0 saturated heterocycles. The Labute approximate surface area is 118 Å². The molecule has 0 atom stereocenters. The molecule has 0 aliphatic rings. The third-order valence-electron chi connectivity index (χ3n) is 2.72. The molecule has 1 aromatic heterocycles. The van der Waals surface area contributed by atoms with Crippen LogP contribution in [0.4, 0.5) is 0 Å². The van der Waals surface area contributed by atoms with E-state index in [9.17, 15) is 13.2 Å². The number of carbonyl (C=O) groups excluding carboxylic acids is 1. The molecular formula is C10H19N5O4S. The minimum Gasteiger partial charge on any atom is -0.469 e. The van der Waals surface area contributed by atoms with Gasteiger partial charge in [0.1, 0.15) is 12.2 Å². The Bertz CT molecular complexity index is 542. The van der Waals surface area contributed by atoms with E-state index in [1.807, 2.05) is 6.92 Å². The molecule has 0 unspecified atom stereocenters. The molecule has 114 valence electrons. The average molecular weight is 305 g/mol. The van der Waals surface area contributed by atoms with Crippen LogP contribution in [-0.4, -0.2) is 54.2 Å². The van der Waals surface area contributed by atoms with Crippen molar-refractivity contribution in [3.05, 3.63) is 12.2 Å². The Morgan fingerprint density at radius 2 is 2.25 bits per heavy atom. The molecule has 1 heterocycles. The first-order valence-electron chi connectivity index (χ1n) is 6.05. The number of aromatic nitrogens is 3. The van der Waals surface area contributed by atoms with Crippen LogP contribution < -0.4 is 4.72 Å². The molecule has 0 aliphatic heterocycles. The highest BCUT2D eigenvalue weighted by Crippen LogP contribution is 2.00. The van der Waals surface area contributed by atoms with E-state index in [2.05, 4.69) is 19.7 Å². The lowest BCUT2D eigenvalue weighted by atomic mass is 10.4. The third-order valence-corrected chi connectivity index (χ3v) is 4.23. The summed E-state index contributed by atoms with van der Waals surface area (Å²) in [4.78, 5) is 11.0. The maximum absolute atomic E-state index is 11.9. The van der Waals surface area contributed by atoms with Crippen LogP contribution in [0, 0.1) is 0 Å². The first-order chi connectivity index (χ1) is 9.40. The Hall–Kier alpha value is -1.52. The molecule has 0 aliphatic carbocycles. The highest BCUT2D eigenvalue weighted by molar-refractivity contribution is 7.87. The Kier molecular flexibility index (Phi) is 6.05. The molecule has 0 saturated carbocycles. The number of rotatable bonds is 8. The van der Waals surface area contributed by atoms with Crippen LogP contribution in [0.2, 0.25) is 0 Å². The largest absolute Gasteiger partial charge is 0.469 e. The molecule has 1 aromatic rings. The van der Waals surface area contributed by atoms with Crippen molar-refractivity contribution in [2.75, 3.05) is 20.7 Å². The predicted molar refractivity (Wildman–Crippen MR) is 70.7 cm³/mol. The van der Waals surface area contributed by atoms with Gasteiger partial charge in [-0.1, -0.05) is 0 Å². The number of hydrogen-bond donors (Lipinski definition) is 1. The molecule has 0 fully saturated rings. The summed E-state index contributed by atoms with van der Waals surface area (Å²) >= 11 is 0. The van der Waals surface area contributed by atoms with Crippen LogP contribution in [0.5, 0.6) is 0 Å². The van der Waals surface area contributed by atoms with Gasteiger partial charge in [-0.15, -0.1) is 10.2 Å². The van der Waals surface area contributed by atoms with Gasteiger partial charge in [-0.3, -0.25) is 4.79 Å². The van der Waals surface area contributed by atoms with E-state index in [1.54, 1.807) is 4.57 Å². The molecule has 10 heteroatoms. The van der Waals surface area contributed by atoms with E-state index in [0.717, 1.165) is 4.31 Å². The van der Waals surface area contributed by atoms with Gasteiger partial charge < -0.3 is 9.30 Å². The lowest BCUT2D eigenvalue weighted by molar-refractivity contribution is -0.140. The van der Waals surface area contributed by atoms with Crippen LogP contribution in [0.1, 0.15) is 19.2 Å². The van der Waals surface area contributed by atoms with Gasteiger partial charge in [0.25, 0.3) is 10.2 Å². The molecule has 0 aromatic carbocycles. The normalized spacial score (nSPS) is 11.8. The zero-order chi connectivity index (χ0) is 15.2. The average Bonchev–Trinajstić information content (AvgIpc) is 2.89. The summed E-state index contributed by atoms with van der Waals surface area (Å²) < 4.78 is 33.5. The van der Waals surface area contributed by atoms with E-state index >= 15 is 0 Å². The highest BCUT2D eigenvalue weighted by Gasteiger charge is 2.19. The number of carbonyl (C=O) groups is 1. The second-order valence-corrected chi connectivity index (χ2v) is 5.87. The van der Waals surface area contributed by atoms with Gasteiger partial charge in [0.2, 0.25) is 0 Å². The van der Waals surface area contributed by atoms with Crippen molar-refractivity contribution in [1.82, 2.24) is 23.8 Å². The SMILES string of the molecule is CCn1cnnc1CNS(=O)(=O)N(C)CCC(=O)OC. The zero-order valence-electron chi connectivity index (χ0n) is 11.7. The minimum atomic E-state index is -3.67. The fourth-order valence-corrected chi connectivity index (χ4v) is 2.28. The Balaban J connectivity index is 2.54. The van der Waals surface area contributed by atoms with Gasteiger partial charge in [-0.05, 0) is 6.92 Å². The van der Waals surface area contributed by atoms with Crippen LogP contribution in [0.3, 0.4) is 0 Å². The Morgan fingerprint density at radius 1 is 1.55 bits per heavy atom. The third kappa shape index (κ3) is 4.54. The standard InChI is InChI=1S/C10H19N5O4S/c1-4-15-8-11-13-9(15)7-12-20(17,18)14(2)6-5-10(16)19-3/h8,12H,4-7H2,1-3H3. The summed E-state index contributed by atoms with van der Waals surface area (Å²) in [5.41, 5.74) is 0. The van der Waals surface area contributed by atoms with Crippen molar-refractivity contribution in [2.45, 2.75) is 26.4 Å². The molecule has 1 rings (SSSR count). The molecule has 0 radical (unpaired) electrons. The van der Waals surface area contributed by atoms with E-state index in [-0.39, 0.29) is 19.5 Å². The number of nitrogens with zero attached hydrogens (tertiary/aromatic N) is 4. The smallest absolute Gasteiger partial charge is 0.306 e. The number of ether oxygens (including phenoxy) is 1. The van der Waals surface area contributed by atoms with Crippen LogP contribution in [-0.2, 0) is 32.8 Å². The van der Waals surface area contributed by atoms with E-state index in [4.69, 9.17) is 0 Å². The molecular weight excluding hydrogens is 286 g/mol. The summed E-state index contributed by atoms with van der Waals surface area (Å²) in [6, 6.07) is 0. The summed E-state index contributed by atoms with van der Waals surface area (Å²) in [7, 11) is -1.03. The maximum atomic E-state index is 11.9. The van der Waals surface area contributed by atoms with Crippen LogP contribution in [0.25, 0.3) is 0 Å². The number of nitrogens with one attached hydrogen (secondary N) is 1. The maximum Gasteiger partial charge on any atom is 0.306 e. The molecule has 0 bridgehead atoms. The number of methoxy groups -OCH3 is 1. The van der Waals surface area contributed by atoms with E-state index in [0.29, 0.717) is 12.4 Å². The molecule has 9 nitrogen and oxygen atoms in total. The van der Waals surface area contributed by atoms with Gasteiger partial charge in [0.05, 0.1) is 20.1 Å².